The summed E-state index contributed by atoms with van der Waals surface area (Å²) in [6, 6.07) is 3.61. The first kappa shape index (κ1) is 13.5. The Hall–Kier alpha value is -0.550. The monoisotopic (exact) mass is 246 g/mol. The van der Waals surface area contributed by atoms with E-state index in [1.54, 1.807) is 6.07 Å². The Kier molecular flexibility index (Phi) is 6.49. The van der Waals surface area contributed by atoms with Crippen LogP contribution in [0.3, 0.4) is 0 Å². The van der Waals surface area contributed by atoms with Crippen molar-refractivity contribution in [1.82, 2.24) is 10.2 Å². The van der Waals surface area contributed by atoms with Gasteiger partial charge in [-0.1, -0.05) is 0 Å². The molecule has 16 heavy (non-hydrogen) atoms. The molecule has 0 aliphatic carbocycles. The van der Waals surface area contributed by atoms with E-state index in [1.165, 1.54) is 0 Å². The van der Waals surface area contributed by atoms with Crippen molar-refractivity contribution >= 4 is 11.6 Å². The van der Waals surface area contributed by atoms with E-state index in [0.717, 1.165) is 25.5 Å². The fraction of sp³-hybridized carbons (Fsp3) is 0.636. The van der Waals surface area contributed by atoms with Crippen molar-refractivity contribution in [2.24, 2.45) is 0 Å². The molecule has 0 saturated heterocycles. The zero-order valence-corrected chi connectivity index (χ0v) is 10.6. The minimum absolute atomic E-state index is 0.430. The van der Waals surface area contributed by atoms with E-state index in [-0.39, 0.29) is 0 Å². The molecule has 0 bridgehead atoms. The summed E-state index contributed by atoms with van der Waals surface area (Å²) in [5, 5.41) is 3.64. The highest BCUT2D eigenvalue weighted by Gasteiger charge is 1.98. The van der Waals surface area contributed by atoms with E-state index in [2.05, 4.69) is 10.2 Å². The number of nitrogens with zero attached hydrogens (tertiary/aromatic N) is 1. The second-order valence-corrected chi connectivity index (χ2v) is 4.17. The van der Waals surface area contributed by atoms with Crippen LogP contribution in [0.1, 0.15) is 5.76 Å². The largest absolute Gasteiger partial charge is 0.448 e. The lowest BCUT2D eigenvalue weighted by Crippen LogP contribution is -2.22. The van der Waals surface area contributed by atoms with Gasteiger partial charge in [0.15, 0.2) is 5.22 Å². The van der Waals surface area contributed by atoms with Gasteiger partial charge >= 0.3 is 0 Å². The molecular weight excluding hydrogens is 228 g/mol. The number of hydrogen-bond acceptors (Lipinski definition) is 4. The number of likely N-dealkylation sites (N-methyl/N-ethyl adjacent to an activating group) is 1. The Morgan fingerprint density at radius 3 is 2.81 bits per heavy atom. The van der Waals surface area contributed by atoms with Crippen molar-refractivity contribution < 1.29 is 9.15 Å². The lowest BCUT2D eigenvalue weighted by atomic mass is 10.4. The van der Waals surface area contributed by atoms with Crippen LogP contribution in [0.2, 0.25) is 5.22 Å². The highest BCUT2D eigenvalue weighted by molar-refractivity contribution is 6.28. The topological polar surface area (TPSA) is 37.6 Å². The quantitative estimate of drug-likeness (QED) is 0.707. The van der Waals surface area contributed by atoms with Gasteiger partial charge < -0.3 is 19.4 Å². The van der Waals surface area contributed by atoms with Crippen molar-refractivity contribution in [1.29, 1.82) is 0 Å². The molecule has 0 saturated carbocycles. The molecule has 0 aromatic carbocycles. The first-order chi connectivity index (χ1) is 7.68. The van der Waals surface area contributed by atoms with E-state index in [1.807, 2.05) is 20.2 Å². The third-order valence-corrected chi connectivity index (χ3v) is 2.24. The molecule has 0 aliphatic heterocycles. The maximum atomic E-state index is 5.65. The minimum atomic E-state index is 0.430. The predicted molar refractivity (Wildman–Crippen MR) is 64.8 cm³/mol. The molecular formula is C11H19ClN2O2. The summed E-state index contributed by atoms with van der Waals surface area (Å²) in [7, 11) is 4.06. The van der Waals surface area contributed by atoms with Gasteiger partial charge in [-0.25, -0.2) is 0 Å². The molecule has 92 valence electrons. The highest BCUT2D eigenvalue weighted by atomic mass is 35.5. The predicted octanol–water partition coefficient (Wildman–Crippen LogP) is 1.60. The fourth-order valence-corrected chi connectivity index (χ4v) is 1.31. The second kappa shape index (κ2) is 7.68. The summed E-state index contributed by atoms with van der Waals surface area (Å²) < 4.78 is 10.6. The average Bonchev–Trinajstić information content (AvgIpc) is 2.62. The summed E-state index contributed by atoms with van der Waals surface area (Å²) in [6.07, 6.45) is 0. The van der Waals surface area contributed by atoms with Gasteiger partial charge in [0.25, 0.3) is 0 Å². The van der Waals surface area contributed by atoms with Gasteiger partial charge in [-0.2, -0.15) is 0 Å². The second-order valence-electron chi connectivity index (χ2n) is 3.80. The smallest absolute Gasteiger partial charge is 0.193 e. The molecule has 4 nitrogen and oxygen atoms in total. The van der Waals surface area contributed by atoms with Crippen LogP contribution in [0.25, 0.3) is 0 Å². The van der Waals surface area contributed by atoms with E-state index >= 15 is 0 Å². The third kappa shape index (κ3) is 6.12. The molecule has 5 heteroatoms. The van der Waals surface area contributed by atoms with E-state index < -0.39 is 0 Å². The van der Waals surface area contributed by atoms with Crippen LogP contribution in [-0.2, 0) is 11.3 Å². The summed E-state index contributed by atoms with van der Waals surface area (Å²) >= 11 is 5.65. The van der Waals surface area contributed by atoms with Crippen LogP contribution >= 0.6 is 11.6 Å². The van der Waals surface area contributed by atoms with Crippen LogP contribution < -0.4 is 5.32 Å². The SMILES string of the molecule is CN(C)CCOCCNCc1ccc(Cl)o1. The van der Waals surface area contributed by atoms with Crippen molar-refractivity contribution in [3.8, 4) is 0 Å². The molecule has 0 fully saturated rings. The van der Waals surface area contributed by atoms with Crippen LogP contribution in [0, 0.1) is 0 Å². The summed E-state index contributed by atoms with van der Waals surface area (Å²) in [5.74, 6) is 0.846. The third-order valence-electron chi connectivity index (χ3n) is 2.03. The maximum absolute atomic E-state index is 5.65. The van der Waals surface area contributed by atoms with Crippen molar-refractivity contribution in [2.45, 2.75) is 6.54 Å². The first-order valence-corrected chi connectivity index (χ1v) is 5.73. The van der Waals surface area contributed by atoms with Crippen LogP contribution in [0.4, 0.5) is 0 Å². The lowest BCUT2D eigenvalue weighted by Gasteiger charge is -2.09. The molecule has 0 radical (unpaired) electrons. The molecule has 0 aliphatic rings. The standard InChI is InChI=1S/C11H19ClN2O2/c1-14(2)6-8-15-7-5-13-9-10-3-4-11(12)16-10/h3-4,13H,5-9H2,1-2H3. The Labute approximate surface area is 102 Å². The Morgan fingerprint density at radius 1 is 1.38 bits per heavy atom. The average molecular weight is 247 g/mol. The van der Waals surface area contributed by atoms with Crippen LogP contribution in [0.15, 0.2) is 16.5 Å². The van der Waals surface area contributed by atoms with E-state index in [0.29, 0.717) is 18.4 Å². The summed E-state index contributed by atoms with van der Waals surface area (Å²) in [5.41, 5.74) is 0. The van der Waals surface area contributed by atoms with Crippen molar-refractivity contribution in [3.05, 3.63) is 23.1 Å². The van der Waals surface area contributed by atoms with E-state index in [4.69, 9.17) is 20.8 Å². The minimum Gasteiger partial charge on any atom is -0.448 e. The van der Waals surface area contributed by atoms with Crippen molar-refractivity contribution in [2.75, 3.05) is 40.4 Å². The maximum Gasteiger partial charge on any atom is 0.193 e. The molecule has 1 heterocycles. The molecule has 1 rings (SSSR count). The highest BCUT2D eigenvalue weighted by Crippen LogP contribution is 2.12. The molecule has 1 aromatic rings. The van der Waals surface area contributed by atoms with E-state index in [9.17, 15) is 0 Å². The van der Waals surface area contributed by atoms with Gasteiger partial charge in [0.05, 0.1) is 19.8 Å². The Balaban J connectivity index is 1.92. The molecule has 1 N–H and O–H groups in total. The van der Waals surface area contributed by atoms with Gasteiger partial charge in [-0.3, -0.25) is 0 Å². The number of ether oxygens (including phenoxy) is 1. The zero-order valence-electron chi connectivity index (χ0n) is 9.83. The molecule has 0 spiro atoms. The summed E-state index contributed by atoms with van der Waals surface area (Å²) in [4.78, 5) is 2.10. The molecule has 0 unspecified atom stereocenters. The van der Waals surface area contributed by atoms with Gasteiger partial charge in [-0.15, -0.1) is 0 Å². The van der Waals surface area contributed by atoms with Gasteiger partial charge in [-0.05, 0) is 37.8 Å². The molecule has 0 amide bonds. The number of rotatable bonds is 8. The van der Waals surface area contributed by atoms with Crippen molar-refractivity contribution in [3.63, 3.8) is 0 Å². The summed E-state index contributed by atoms with van der Waals surface area (Å²) in [6.45, 7) is 3.92. The van der Waals surface area contributed by atoms with Crippen LogP contribution in [0.5, 0.6) is 0 Å². The Bertz CT molecular complexity index is 289. The number of furan rings is 1. The first-order valence-electron chi connectivity index (χ1n) is 5.36. The number of halogens is 1. The van der Waals surface area contributed by atoms with Gasteiger partial charge in [0, 0.05) is 13.1 Å². The zero-order chi connectivity index (χ0) is 11.8. The molecule has 1 aromatic heterocycles. The normalized spacial score (nSPS) is 11.2. The van der Waals surface area contributed by atoms with Gasteiger partial charge in [0.2, 0.25) is 0 Å². The van der Waals surface area contributed by atoms with Crippen LogP contribution in [-0.4, -0.2) is 45.3 Å². The molecule has 0 atom stereocenters. The number of hydrogen-bond donors (Lipinski definition) is 1. The number of nitrogens with one attached hydrogen (secondary N) is 1. The van der Waals surface area contributed by atoms with Gasteiger partial charge in [0.1, 0.15) is 5.76 Å². The Morgan fingerprint density at radius 2 is 2.19 bits per heavy atom. The lowest BCUT2D eigenvalue weighted by molar-refractivity contribution is 0.119. The fourth-order valence-electron chi connectivity index (χ4n) is 1.15.